The Morgan fingerprint density at radius 3 is 2.57 bits per heavy atom. The molecule has 0 radical (unpaired) electrons. The average molecular weight is 301 g/mol. The Bertz CT molecular complexity index is 489. The Labute approximate surface area is 123 Å². The van der Waals surface area contributed by atoms with Crippen LogP contribution in [0, 0.1) is 5.92 Å². The van der Waals surface area contributed by atoms with Gasteiger partial charge in [-0.15, -0.1) is 0 Å². The van der Waals surface area contributed by atoms with Gasteiger partial charge in [-0.05, 0) is 30.4 Å². The van der Waals surface area contributed by atoms with Crippen molar-refractivity contribution in [1.29, 1.82) is 0 Å². The van der Waals surface area contributed by atoms with Crippen LogP contribution in [0.5, 0.6) is 0 Å². The summed E-state index contributed by atoms with van der Waals surface area (Å²) in [4.78, 5) is 0. The number of ether oxygens (including phenoxy) is 1. The van der Waals surface area contributed by atoms with Gasteiger partial charge in [0.15, 0.2) is 0 Å². The lowest BCUT2D eigenvalue weighted by Gasteiger charge is -2.43. The minimum absolute atomic E-state index is 0.126. The predicted octanol–water partition coefficient (Wildman–Crippen LogP) is 4.30. The first-order valence-corrected chi connectivity index (χ1v) is 7.27. The van der Waals surface area contributed by atoms with Gasteiger partial charge in [0.1, 0.15) is 0 Å². The quantitative estimate of drug-likeness (QED) is 0.903. The molecule has 0 bridgehead atoms. The van der Waals surface area contributed by atoms with Crippen LogP contribution < -0.4 is 5.73 Å². The van der Waals surface area contributed by atoms with Crippen LogP contribution in [0.25, 0.3) is 0 Å². The number of benzene rings is 1. The molecule has 0 saturated heterocycles. The molecule has 21 heavy (non-hydrogen) atoms. The summed E-state index contributed by atoms with van der Waals surface area (Å²) in [5.74, 6) is 0.405. The molecular weight excluding hydrogens is 279 g/mol. The van der Waals surface area contributed by atoms with Crippen molar-refractivity contribution < 1.29 is 17.9 Å². The van der Waals surface area contributed by atoms with Gasteiger partial charge in [-0.1, -0.05) is 38.0 Å². The van der Waals surface area contributed by atoms with Gasteiger partial charge in [-0.3, -0.25) is 0 Å². The van der Waals surface area contributed by atoms with Crippen LogP contribution in [0.15, 0.2) is 24.3 Å². The minimum atomic E-state index is -4.40. The fourth-order valence-electron chi connectivity index (χ4n) is 3.45. The first-order valence-electron chi connectivity index (χ1n) is 7.27. The van der Waals surface area contributed by atoms with Gasteiger partial charge in [-0.2, -0.15) is 13.2 Å². The zero-order valence-corrected chi connectivity index (χ0v) is 12.4. The maximum Gasteiger partial charge on any atom is 0.416 e. The molecule has 3 atom stereocenters. The zero-order chi connectivity index (χ0) is 15.7. The molecule has 2 N–H and O–H groups in total. The van der Waals surface area contributed by atoms with Crippen molar-refractivity contribution in [3.8, 4) is 0 Å². The van der Waals surface area contributed by atoms with E-state index in [1.165, 1.54) is 12.1 Å². The Morgan fingerprint density at radius 1 is 1.33 bits per heavy atom. The van der Waals surface area contributed by atoms with E-state index in [-0.39, 0.29) is 5.56 Å². The number of hydrogen-bond acceptors (Lipinski definition) is 2. The van der Waals surface area contributed by atoms with Crippen molar-refractivity contribution in [3.05, 3.63) is 35.4 Å². The van der Waals surface area contributed by atoms with Crippen LogP contribution in [-0.4, -0.2) is 12.7 Å². The molecule has 0 spiro atoms. The van der Waals surface area contributed by atoms with Gasteiger partial charge in [0, 0.05) is 7.11 Å². The first-order chi connectivity index (χ1) is 9.80. The zero-order valence-electron chi connectivity index (χ0n) is 12.4. The van der Waals surface area contributed by atoms with E-state index in [4.69, 9.17) is 10.5 Å². The van der Waals surface area contributed by atoms with Crippen LogP contribution in [0.3, 0.4) is 0 Å². The van der Waals surface area contributed by atoms with Gasteiger partial charge < -0.3 is 10.5 Å². The van der Waals surface area contributed by atoms with Crippen molar-refractivity contribution >= 4 is 0 Å². The third-order valence-electron chi connectivity index (χ3n) is 4.57. The van der Waals surface area contributed by atoms with Crippen molar-refractivity contribution in [3.63, 3.8) is 0 Å². The van der Waals surface area contributed by atoms with Crippen LogP contribution in [0.4, 0.5) is 13.2 Å². The molecule has 1 aliphatic rings. The van der Waals surface area contributed by atoms with E-state index < -0.39 is 23.4 Å². The summed E-state index contributed by atoms with van der Waals surface area (Å²) in [7, 11) is 1.55. The Hall–Kier alpha value is -1.07. The van der Waals surface area contributed by atoms with Crippen molar-refractivity contribution in [1.82, 2.24) is 0 Å². The van der Waals surface area contributed by atoms with Crippen molar-refractivity contribution in [2.45, 2.75) is 50.4 Å². The summed E-state index contributed by atoms with van der Waals surface area (Å²) < 4.78 is 45.2. The van der Waals surface area contributed by atoms with Crippen molar-refractivity contribution in [2.75, 3.05) is 7.11 Å². The highest BCUT2D eigenvalue weighted by Crippen LogP contribution is 2.44. The SMILES string of the molecule is COC1(C(N)c2ccccc2C(F)(F)F)CCCC(C)C1. The number of methoxy groups -OCH3 is 1. The molecule has 3 unspecified atom stereocenters. The third-order valence-corrected chi connectivity index (χ3v) is 4.57. The molecule has 1 saturated carbocycles. The second-order valence-electron chi connectivity index (χ2n) is 6.03. The number of alkyl halides is 3. The van der Waals surface area contributed by atoms with E-state index in [1.54, 1.807) is 13.2 Å². The Balaban J connectivity index is 2.41. The highest BCUT2D eigenvalue weighted by atomic mass is 19.4. The first kappa shape index (κ1) is 16.3. The molecule has 0 aromatic heterocycles. The molecule has 0 amide bonds. The van der Waals surface area contributed by atoms with Gasteiger partial charge in [0.2, 0.25) is 0 Å². The second kappa shape index (κ2) is 5.97. The van der Waals surface area contributed by atoms with Gasteiger partial charge in [0.25, 0.3) is 0 Å². The number of halogens is 3. The standard InChI is InChI=1S/C16H22F3NO/c1-11-6-5-9-15(10-11,21-2)14(20)12-7-3-4-8-13(12)16(17,18)19/h3-4,7-8,11,14H,5-6,9-10,20H2,1-2H3. The van der Waals surface area contributed by atoms with Crippen LogP contribution in [0.1, 0.15) is 49.8 Å². The van der Waals surface area contributed by atoms with Gasteiger partial charge >= 0.3 is 6.18 Å². The molecule has 1 aromatic carbocycles. The number of nitrogens with two attached hydrogens (primary N) is 1. The van der Waals surface area contributed by atoms with E-state index in [0.717, 1.165) is 18.9 Å². The highest BCUT2D eigenvalue weighted by molar-refractivity contribution is 5.34. The summed E-state index contributed by atoms with van der Waals surface area (Å²) in [6, 6.07) is 4.77. The molecule has 0 heterocycles. The van der Waals surface area contributed by atoms with E-state index in [1.807, 2.05) is 0 Å². The molecular formula is C16H22F3NO. The minimum Gasteiger partial charge on any atom is -0.376 e. The van der Waals surface area contributed by atoms with E-state index in [0.29, 0.717) is 18.8 Å². The molecule has 1 aromatic rings. The maximum absolute atomic E-state index is 13.2. The predicted molar refractivity (Wildman–Crippen MR) is 75.7 cm³/mol. The maximum atomic E-state index is 13.2. The topological polar surface area (TPSA) is 35.2 Å². The molecule has 2 rings (SSSR count). The monoisotopic (exact) mass is 301 g/mol. The van der Waals surface area contributed by atoms with E-state index in [9.17, 15) is 13.2 Å². The number of rotatable bonds is 3. The normalized spacial score (nSPS) is 28.4. The van der Waals surface area contributed by atoms with Gasteiger partial charge in [0.05, 0.1) is 17.2 Å². The smallest absolute Gasteiger partial charge is 0.376 e. The summed E-state index contributed by atoms with van der Waals surface area (Å²) >= 11 is 0. The number of hydrogen-bond donors (Lipinski definition) is 1. The summed E-state index contributed by atoms with van der Waals surface area (Å²) in [6.45, 7) is 2.09. The van der Waals surface area contributed by atoms with Crippen LogP contribution in [-0.2, 0) is 10.9 Å². The molecule has 0 aliphatic heterocycles. The molecule has 5 heteroatoms. The lowest BCUT2D eigenvalue weighted by atomic mass is 9.72. The van der Waals surface area contributed by atoms with Crippen LogP contribution >= 0.6 is 0 Å². The molecule has 1 fully saturated rings. The average Bonchev–Trinajstić information content (AvgIpc) is 2.45. The van der Waals surface area contributed by atoms with E-state index in [2.05, 4.69) is 6.92 Å². The summed E-state index contributed by atoms with van der Waals surface area (Å²) in [5.41, 5.74) is 5.01. The molecule has 118 valence electrons. The van der Waals surface area contributed by atoms with Gasteiger partial charge in [-0.25, -0.2) is 0 Å². The summed E-state index contributed by atoms with van der Waals surface area (Å²) in [5, 5.41) is 0. The van der Waals surface area contributed by atoms with Crippen molar-refractivity contribution in [2.24, 2.45) is 11.7 Å². The lowest BCUT2D eigenvalue weighted by Crippen LogP contribution is -2.47. The summed E-state index contributed by atoms with van der Waals surface area (Å²) in [6.07, 6.45) is -1.02. The Kier molecular flexibility index (Phi) is 4.63. The Morgan fingerprint density at radius 2 is 2.00 bits per heavy atom. The fourth-order valence-corrected chi connectivity index (χ4v) is 3.45. The highest BCUT2D eigenvalue weighted by Gasteiger charge is 2.44. The molecule has 1 aliphatic carbocycles. The largest absolute Gasteiger partial charge is 0.416 e. The van der Waals surface area contributed by atoms with E-state index >= 15 is 0 Å². The lowest BCUT2D eigenvalue weighted by molar-refractivity contribution is -0.139. The third kappa shape index (κ3) is 3.24. The van der Waals surface area contributed by atoms with Crippen LogP contribution in [0.2, 0.25) is 0 Å². The fraction of sp³-hybridized carbons (Fsp3) is 0.625. The second-order valence-corrected chi connectivity index (χ2v) is 6.03. The molecule has 2 nitrogen and oxygen atoms in total.